The van der Waals surface area contributed by atoms with Crippen LogP contribution < -0.4 is 0 Å². The van der Waals surface area contributed by atoms with E-state index in [0.717, 1.165) is 51.9 Å². The molecule has 3 rings (SSSR count). The molecule has 6 nitrogen and oxygen atoms in total. The summed E-state index contributed by atoms with van der Waals surface area (Å²) in [6.07, 6.45) is 7.61. The van der Waals surface area contributed by atoms with E-state index in [1.54, 1.807) is 12.4 Å². The van der Waals surface area contributed by atoms with E-state index in [1.165, 1.54) is 5.56 Å². The van der Waals surface area contributed by atoms with Gasteiger partial charge in [0, 0.05) is 45.0 Å². The first kappa shape index (κ1) is 20.8. The molecule has 0 radical (unpaired) electrons. The molecule has 2 fully saturated rings. The number of hydrogen-bond acceptors (Lipinski definition) is 4. The third-order valence-electron chi connectivity index (χ3n) is 6.13. The Hall–Kier alpha value is -1.95. The van der Waals surface area contributed by atoms with Gasteiger partial charge in [-0.2, -0.15) is 0 Å². The molecule has 6 heteroatoms. The summed E-state index contributed by atoms with van der Waals surface area (Å²) >= 11 is 0. The lowest BCUT2D eigenvalue weighted by molar-refractivity contribution is -0.150. The Morgan fingerprint density at radius 2 is 1.86 bits per heavy atom. The normalized spacial score (nSPS) is 20.6. The second-order valence-electron chi connectivity index (χ2n) is 8.57. The van der Waals surface area contributed by atoms with Gasteiger partial charge in [0.05, 0.1) is 6.10 Å². The average Bonchev–Trinajstić information content (AvgIpc) is 2.69. The topological polar surface area (TPSA) is 62.7 Å². The standard InChI is InChI=1S/C22H33N3O3/c1-17(2)28-18(3)21(27)24-14-9-22(10-15-24)8-4-20(26)25(16-22)13-7-19-5-11-23-12-6-19/h5-6,11-12,17-18H,4,7-10,13-16H2,1-3H3/t18-/m0/s1. The van der Waals surface area contributed by atoms with Crippen LogP contribution in [-0.2, 0) is 20.7 Å². The van der Waals surface area contributed by atoms with Gasteiger partial charge >= 0.3 is 0 Å². The number of piperidine rings is 2. The Morgan fingerprint density at radius 1 is 1.18 bits per heavy atom. The predicted octanol–water partition coefficient (Wildman–Crippen LogP) is 2.67. The van der Waals surface area contributed by atoms with Gasteiger partial charge < -0.3 is 14.5 Å². The van der Waals surface area contributed by atoms with Crippen molar-refractivity contribution in [2.24, 2.45) is 5.41 Å². The maximum Gasteiger partial charge on any atom is 0.251 e. The minimum absolute atomic E-state index is 0.0494. The summed E-state index contributed by atoms with van der Waals surface area (Å²) < 4.78 is 5.66. The van der Waals surface area contributed by atoms with E-state index in [4.69, 9.17) is 4.74 Å². The summed E-state index contributed by atoms with van der Waals surface area (Å²) in [6.45, 7) is 8.84. The van der Waals surface area contributed by atoms with Crippen LogP contribution in [0.25, 0.3) is 0 Å². The maximum atomic E-state index is 12.6. The van der Waals surface area contributed by atoms with Crippen LogP contribution in [-0.4, -0.2) is 65.0 Å². The molecule has 2 saturated heterocycles. The average molecular weight is 388 g/mol. The smallest absolute Gasteiger partial charge is 0.251 e. The fraction of sp³-hybridized carbons (Fsp3) is 0.682. The summed E-state index contributed by atoms with van der Waals surface area (Å²) in [5.41, 5.74) is 1.37. The van der Waals surface area contributed by atoms with Crippen molar-refractivity contribution in [2.45, 2.75) is 65.1 Å². The van der Waals surface area contributed by atoms with E-state index < -0.39 is 0 Å². The molecular weight excluding hydrogens is 354 g/mol. The zero-order chi connectivity index (χ0) is 20.1. The second-order valence-corrected chi connectivity index (χ2v) is 8.57. The number of rotatable bonds is 6. The molecule has 1 aromatic heterocycles. The van der Waals surface area contributed by atoms with Gasteiger partial charge in [0.25, 0.3) is 5.91 Å². The third kappa shape index (κ3) is 5.10. The highest BCUT2D eigenvalue weighted by molar-refractivity contribution is 5.80. The molecule has 1 spiro atoms. The Morgan fingerprint density at radius 3 is 2.50 bits per heavy atom. The SMILES string of the molecule is CC(C)O[C@@H](C)C(=O)N1CCC2(CCC(=O)N(CCc3ccncc3)C2)CC1. The Labute approximate surface area is 168 Å². The van der Waals surface area contributed by atoms with Crippen molar-refractivity contribution in [2.75, 3.05) is 26.2 Å². The van der Waals surface area contributed by atoms with Crippen molar-refractivity contribution < 1.29 is 14.3 Å². The van der Waals surface area contributed by atoms with E-state index in [-0.39, 0.29) is 29.4 Å². The lowest BCUT2D eigenvalue weighted by Crippen LogP contribution is -2.53. The fourth-order valence-electron chi connectivity index (χ4n) is 4.45. The molecule has 28 heavy (non-hydrogen) atoms. The zero-order valence-electron chi connectivity index (χ0n) is 17.4. The monoisotopic (exact) mass is 387 g/mol. The molecule has 3 heterocycles. The quantitative estimate of drug-likeness (QED) is 0.753. The molecule has 0 unspecified atom stereocenters. The highest BCUT2D eigenvalue weighted by atomic mass is 16.5. The molecule has 0 saturated carbocycles. The molecule has 154 valence electrons. The number of aromatic nitrogens is 1. The molecule has 0 aliphatic carbocycles. The molecule has 0 bridgehead atoms. The van der Waals surface area contributed by atoms with Crippen molar-refractivity contribution >= 4 is 11.8 Å². The highest BCUT2D eigenvalue weighted by Crippen LogP contribution is 2.40. The maximum absolute atomic E-state index is 12.6. The molecular formula is C22H33N3O3. The van der Waals surface area contributed by atoms with Crippen LogP contribution in [0.5, 0.6) is 0 Å². The molecule has 2 amide bonds. The van der Waals surface area contributed by atoms with Crippen molar-refractivity contribution in [3.05, 3.63) is 30.1 Å². The van der Waals surface area contributed by atoms with Gasteiger partial charge in [0.15, 0.2) is 0 Å². The number of ether oxygens (including phenoxy) is 1. The van der Waals surface area contributed by atoms with E-state index in [9.17, 15) is 9.59 Å². The lowest BCUT2D eigenvalue weighted by atomic mass is 9.72. The van der Waals surface area contributed by atoms with E-state index in [2.05, 4.69) is 4.98 Å². The van der Waals surface area contributed by atoms with Crippen LogP contribution in [0.3, 0.4) is 0 Å². The predicted molar refractivity (Wildman–Crippen MR) is 108 cm³/mol. The van der Waals surface area contributed by atoms with E-state index in [0.29, 0.717) is 6.42 Å². The first-order chi connectivity index (χ1) is 13.4. The molecule has 1 aromatic rings. The number of nitrogens with zero attached hydrogens (tertiary/aromatic N) is 3. The molecule has 2 aliphatic heterocycles. The van der Waals surface area contributed by atoms with Crippen molar-refractivity contribution in [1.29, 1.82) is 0 Å². The summed E-state index contributed by atoms with van der Waals surface area (Å²) in [5.74, 6) is 0.349. The van der Waals surface area contributed by atoms with E-state index >= 15 is 0 Å². The number of carbonyl (C=O) groups excluding carboxylic acids is 2. The fourth-order valence-corrected chi connectivity index (χ4v) is 4.45. The largest absolute Gasteiger partial charge is 0.366 e. The minimum atomic E-state index is -0.390. The van der Waals surface area contributed by atoms with Crippen LogP contribution >= 0.6 is 0 Å². The third-order valence-corrected chi connectivity index (χ3v) is 6.13. The van der Waals surface area contributed by atoms with Crippen molar-refractivity contribution in [3.63, 3.8) is 0 Å². The summed E-state index contributed by atoms with van der Waals surface area (Å²) in [7, 11) is 0. The van der Waals surface area contributed by atoms with Gasteiger partial charge in [-0.1, -0.05) is 0 Å². The van der Waals surface area contributed by atoms with Crippen LogP contribution in [0, 0.1) is 5.41 Å². The number of hydrogen-bond donors (Lipinski definition) is 0. The Bertz CT molecular complexity index is 669. The lowest BCUT2D eigenvalue weighted by Gasteiger charge is -2.47. The summed E-state index contributed by atoms with van der Waals surface area (Å²) in [5, 5.41) is 0. The van der Waals surface area contributed by atoms with Gasteiger partial charge in [-0.25, -0.2) is 0 Å². The number of pyridine rings is 1. The van der Waals surface area contributed by atoms with Gasteiger partial charge in [-0.3, -0.25) is 14.6 Å². The molecule has 0 N–H and O–H groups in total. The molecule has 2 aliphatic rings. The Balaban J connectivity index is 1.54. The minimum Gasteiger partial charge on any atom is -0.366 e. The van der Waals surface area contributed by atoms with Gasteiger partial charge in [0.2, 0.25) is 5.91 Å². The van der Waals surface area contributed by atoms with Crippen LogP contribution in [0.1, 0.15) is 52.0 Å². The van der Waals surface area contributed by atoms with Gasteiger partial charge in [-0.15, -0.1) is 0 Å². The van der Waals surface area contributed by atoms with Crippen molar-refractivity contribution in [3.8, 4) is 0 Å². The van der Waals surface area contributed by atoms with E-state index in [1.807, 2.05) is 42.7 Å². The summed E-state index contributed by atoms with van der Waals surface area (Å²) in [6, 6.07) is 4.02. The Kier molecular flexibility index (Phi) is 6.70. The zero-order valence-corrected chi connectivity index (χ0v) is 17.4. The number of carbonyl (C=O) groups is 2. The molecule has 0 aromatic carbocycles. The van der Waals surface area contributed by atoms with Crippen LogP contribution in [0.15, 0.2) is 24.5 Å². The van der Waals surface area contributed by atoms with Gasteiger partial charge in [0.1, 0.15) is 6.10 Å². The van der Waals surface area contributed by atoms with Crippen LogP contribution in [0.4, 0.5) is 0 Å². The first-order valence-electron chi connectivity index (χ1n) is 10.5. The van der Waals surface area contributed by atoms with Gasteiger partial charge in [-0.05, 0) is 69.6 Å². The van der Waals surface area contributed by atoms with Crippen molar-refractivity contribution in [1.82, 2.24) is 14.8 Å². The second kappa shape index (κ2) is 9.03. The number of amides is 2. The summed E-state index contributed by atoms with van der Waals surface area (Å²) in [4.78, 5) is 33.1. The first-order valence-corrected chi connectivity index (χ1v) is 10.5. The highest BCUT2D eigenvalue weighted by Gasteiger charge is 2.42. The molecule has 1 atom stereocenters. The van der Waals surface area contributed by atoms with Crippen LogP contribution in [0.2, 0.25) is 0 Å². The number of likely N-dealkylation sites (tertiary alicyclic amines) is 2.